The van der Waals surface area contributed by atoms with Gasteiger partial charge in [-0.1, -0.05) is 0 Å². The van der Waals surface area contributed by atoms with Gasteiger partial charge in [-0.2, -0.15) is 10.2 Å². The van der Waals surface area contributed by atoms with Crippen LogP contribution in [0.4, 0.5) is 11.8 Å². The van der Waals surface area contributed by atoms with E-state index in [1.165, 1.54) is 0 Å². The molecule has 7 nitrogen and oxygen atoms in total. The summed E-state index contributed by atoms with van der Waals surface area (Å²) in [7, 11) is 3.86. The second-order valence-electron chi connectivity index (χ2n) is 7.44. The maximum atomic E-state index is 12.4. The van der Waals surface area contributed by atoms with E-state index in [1.54, 1.807) is 24.3 Å². The third-order valence-corrected chi connectivity index (χ3v) is 4.93. The van der Waals surface area contributed by atoms with Gasteiger partial charge >= 0.3 is 0 Å². The maximum Gasteiger partial charge on any atom is 0.251 e. The molecule has 0 atom stereocenters. The van der Waals surface area contributed by atoms with Crippen molar-refractivity contribution in [3.8, 4) is 6.07 Å². The maximum absolute atomic E-state index is 12.4. The Morgan fingerprint density at radius 2 is 1.75 bits per heavy atom. The largest absolute Gasteiger partial charge is 0.367 e. The quantitative estimate of drug-likeness (QED) is 0.831. The first-order valence-corrected chi connectivity index (χ1v) is 9.55. The lowest BCUT2D eigenvalue weighted by Gasteiger charge is -2.30. The summed E-state index contributed by atoms with van der Waals surface area (Å²) >= 11 is 0. The molecule has 1 aromatic heterocycles. The predicted molar refractivity (Wildman–Crippen MR) is 109 cm³/mol. The Bertz CT molecular complexity index is 863. The normalized spacial score (nSPS) is 18.8. The topological polar surface area (TPSA) is 93.9 Å². The van der Waals surface area contributed by atoms with Crippen LogP contribution < -0.4 is 15.5 Å². The van der Waals surface area contributed by atoms with Crippen LogP contribution in [0, 0.1) is 18.3 Å². The lowest BCUT2D eigenvalue weighted by Crippen LogP contribution is -2.40. The molecule has 146 valence electrons. The lowest BCUT2D eigenvalue weighted by molar-refractivity contribution is 0.0926. The van der Waals surface area contributed by atoms with Crippen molar-refractivity contribution in [2.45, 2.75) is 44.7 Å². The van der Waals surface area contributed by atoms with Crippen molar-refractivity contribution in [1.29, 1.82) is 5.26 Å². The van der Waals surface area contributed by atoms with Crippen molar-refractivity contribution in [3.63, 3.8) is 0 Å². The van der Waals surface area contributed by atoms with E-state index in [4.69, 9.17) is 5.26 Å². The molecule has 0 aliphatic heterocycles. The van der Waals surface area contributed by atoms with E-state index in [1.807, 2.05) is 32.0 Å². The van der Waals surface area contributed by atoms with E-state index in [9.17, 15) is 4.79 Å². The molecule has 1 aromatic carbocycles. The fourth-order valence-electron chi connectivity index (χ4n) is 3.38. The molecule has 7 heteroatoms. The molecule has 1 heterocycles. The lowest BCUT2D eigenvalue weighted by atomic mass is 9.91. The molecule has 1 aliphatic carbocycles. The second-order valence-corrected chi connectivity index (χ2v) is 7.44. The molecule has 2 aromatic rings. The Morgan fingerprint density at radius 1 is 1.11 bits per heavy atom. The minimum absolute atomic E-state index is 0.0806. The summed E-state index contributed by atoms with van der Waals surface area (Å²) < 4.78 is 0. The first-order valence-electron chi connectivity index (χ1n) is 9.55. The molecular weight excluding hydrogens is 352 g/mol. The number of aromatic nitrogens is 2. The van der Waals surface area contributed by atoms with Crippen LogP contribution in [-0.4, -0.2) is 42.1 Å². The van der Waals surface area contributed by atoms with Crippen LogP contribution in [0.3, 0.4) is 0 Å². The summed E-state index contributed by atoms with van der Waals surface area (Å²) in [5.41, 5.74) is 2.08. The molecule has 1 saturated carbocycles. The van der Waals surface area contributed by atoms with Gasteiger partial charge in [0, 0.05) is 43.5 Å². The Balaban J connectivity index is 1.52. The van der Waals surface area contributed by atoms with Gasteiger partial charge < -0.3 is 15.5 Å². The van der Waals surface area contributed by atoms with Crippen LogP contribution in [0.1, 0.15) is 47.3 Å². The van der Waals surface area contributed by atoms with Gasteiger partial charge in [-0.15, -0.1) is 0 Å². The summed E-state index contributed by atoms with van der Waals surface area (Å²) in [5, 5.41) is 15.5. The van der Waals surface area contributed by atoms with Crippen LogP contribution in [0.2, 0.25) is 0 Å². The molecule has 2 N–H and O–H groups in total. The molecule has 1 aliphatic rings. The number of anilines is 2. The summed E-state index contributed by atoms with van der Waals surface area (Å²) in [6.07, 6.45) is 3.78. The molecular formula is C21H26N6O. The highest BCUT2D eigenvalue weighted by Crippen LogP contribution is 2.23. The Hall–Kier alpha value is -3.14. The molecule has 0 spiro atoms. The summed E-state index contributed by atoms with van der Waals surface area (Å²) in [5.74, 6) is 1.47. The summed E-state index contributed by atoms with van der Waals surface area (Å²) in [4.78, 5) is 23.3. The number of carbonyl (C=O) groups is 1. The molecule has 28 heavy (non-hydrogen) atoms. The molecule has 0 unspecified atom stereocenters. The molecule has 0 bridgehead atoms. The van der Waals surface area contributed by atoms with Gasteiger partial charge in [0.05, 0.1) is 11.6 Å². The highest BCUT2D eigenvalue weighted by atomic mass is 16.1. The average molecular weight is 378 g/mol. The number of benzene rings is 1. The first-order chi connectivity index (χ1) is 13.4. The van der Waals surface area contributed by atoms with Gasteiger partial charge in [-0.05, 0) is 56.9 Å². The monoisotopic (exact) mass is 378 g/mol. The number of amides is 1. The van der Waals surface area contributed by atoms with Gasteiger partial charge in [0.15, 0.2) is 0 Å². The van der Waals surface area contributed by atoms with Crippen molar-refractivity contribution in [2.75, 3.05) is 24.3 Å². The van der Waals surface area contributed by atoms with E-state index in [2.05, 4.69) is 26.7 Å². The third kappa shape index (κ3) is 4.97. The molecule has 1 amide bonds. The van der Waals surface area contributed by atoms with Gasteiger partial charge in [0.1, 0.15) is 5.82 Å². The minimum Gasteiger partial charge on any atom is -0.367 e. The van der Waals surface area contributed by atoms with Crippen LogP contribution in [0.25, 0.3) is 0 Å². The number of carbonyl (C=O) groups excluding carboxylic acids is 1. The van der Waals surface area contributed by atoms with Crippen LogP contribution >= 0.6 is 0 Å². The zero-order chi connectivity index (χ0) is 20.1. The van der Waals surface area contributed by atoms with E-state index in [0.717, 1.165) is 37.2 Å². The van der Waals surface area contributed by atoms with Crippen LogP contribution in [0.5, 0.6) is 0 Å². The number of nitrogens with zero attached hydrogens (tertiary/aromatic N) is 4. The van der Waals surface area contributed by atoms with Crippen molar-refractivity contribution in [3.05, 3.63) is 47.2 Å². The Kier molecular flexibility index (Phi) is 6.09. The average Bonchev–Trinajstić information content (AvgIpc) is 2.69. The van der Waals surface area contributed by atoms with E-state index in [0.29, 0.717) is 23.1 Å². The van der Waals surface area contributed by atoms with E-state index < -0.39 is 0 Å². The smallest absolute Gasteiger partial charge is 0.251 e. The van der Waals surface area contributed by atoms with Crippen molar-refractivity contribution in [1.82, 2.24) is 15.3 Å². The number of hydrogen-bond acceptors (Lipinski definition) is 6. The summed E-state index contributed by atoms with van der Waals surface area (Å²) in [6.45, 7) is 1.97. The highest BCUT2D eigenvalue weighted by Gasteiger charge is 2.23. The van der Waals surface area contributed by atoms with Crippen LogP contribution in [0.15, 0.2) is 30.3 Å². The van der Waals surface area contributed by atoms with Gasteiger partial charge in [-0.3, -0.25) is 4.79 Å². The van der Waals surface area contributed by atoms with Crippen LogP contribution in [-0.2, 0) is 0 Å². The van der Waals surface area contributed by atoms with Crippen molar-refractivity contribution in [2.24, 2.45) is 0 Å². The van der Waals surface area contributed by atoms with Crippen molar-refractivity contribution >= 4 is 17.7 Å². The highest BCUT2D eigenvalue weighted by molar-refractivity contribution is 5.94. The summed E-state index contributed by atoms with van der Waals surface area (Å²) in [6, 6.07) is 11.3. The van der Waals surface area contributed by atoms with Gasteiger partial charge in [0.25, 0.3) is 5.91 Å². The minimum atomic E-state index is -0.0806. The second kappa shape index (κ2) is 8.70. The molecule has 1 fully saturated rings. The third-order valence-electron chi connectivity index (χ3n) is 4.93. The van der Waals surface area contributed by atoms with Crippen molar-refractivity contribution < 1.29 is 4.79 Å². The number of aryl methyl sites for hydroxylation is 1. The zero-order valence-corrected chi connectivity index (χ0v) is 16.6. The predicted octanol–water partition coefficient (Wildman–Crippen LogP) is 2.88. The molecule has 0 radical (unpaired) electrons. The van der Waals surface area contributed by atoms with E-state index in [-0.39, 0.29) is 11.9 Å². The zero-order valence-electron chi connectivity index (χ0n) is 16.6. The SMILES string of the molecule is Cc1cc(NC2CCC(NC(=O)c3ccc(C#N)cc3)CC2)nc(N(C)C)n1. The fourth-order valence-corrected chi connectivity index (χ4v) is 3.38. The molecule has 3 rings (SSSR count). The van der Waals surface area contributed by atoms with Gasteiger partial charge in [-0.25, -0.2) is 4.98 Å². The van der Waals surface area contributed by atoms with E-state index >= 15 is 0 Å². The first kappa shape index (κ1) is 19.6. The number of rotatable bonds is 5. The fraction of sp³-hybridized carbons (Fsp3) is 0.429. The van der Waals surface area contributed by atoms with Gasteiger partial charge in [0.2, 0.25) is 5.95 Å². The standard InChI is InChI=1S/C21H26N6O/c1-14-12-19(26-21(23-14)27(2)3)24-17-8-10-18(11-9-17)25-20(28)16-6-4-15(13-22)5-7-16/h4-7,12,17-18H,8-11H2,1-3H3,(H,25,28)(H,23,24,26). The number of nitriles is 1. The Morgan fingerprint density at radius 3 is 2.36 bits per heavy atom. The Labute approximate surface area is 165 Å². The number of hydrogen-bond donors (Lipinski definition) is 2. The molecule has 0 saturated heterocycles. The number of nitrogens with one attached hydrogen (secondary N) is 2.